The van der Waals surface area contributed by atoms with E-state index >= 15 is 0 Å². The molecule has 1 aliphatic rings. The van der Waals surface area contributed by atoms with Gasteiger partial charge in [-0.25, -0.2) is 4.39 Å². The van der Waals surface area contributed by atoms with E-state index in [4.69, 9.17) is 0 Å². The Morgan fingerprint density at radius 3 is 2.70 bits per heavy atom. The van der Waals surface area contributed by atoms with Crippen LogP contribution in [0, 0.1) is 18.2 Å². The Labute approximate surface area is 117 Å². The SMILES string of the molecule is CCC1(C(=O)O)CCN(C(=O)c2cc(F)ccc2C)C1. The summed E-state index contributed by atoms with van der Waals surface area (Å²) in [4.78, 5) is 25.3. The Hall–Kier alpha value is -1.91. The van der Waals surface area contributed by atoms with Crippen LogP contribution in [-0.4, -0.2) is 35.0 Å². The number of aliphatic carboxylic acids is 1. The van der Waals surface area contributed by atoms with E-state index in [0.29, 0.717) is 30.5 Å². The summed E-state index contributed by atoms with van der Waals surface area (Å²) in [6.45, 7) is 4.14. The molecule has 0 spiro atoms. The van der Waals surface area contributed by atoms with Crippen molar-refractivity contribution in [2.75, 3.05) is 13.1 Å². The van der Waals surface area contributed by atoms with Crippen LogP contribution in [0.2, 0.25) is 0 Å². The molecule has 5 heteroatoms. The standard InChI is InChI=1S/C15H18FNO3/c1-3-15(14(19)20)6-7-17(9-15)13(18)12-8-11(16)5-4-10(12)2/h4-5,8H,3,6-7,9H2,1-2H3,(H,19,20). The first kappa shape index (κ1) is 14.5. The molecular weight excluding hydrogens is 261 g/mol. The van der Waals surface area contributed by atoms with Gasteiger partial charge in [0.2, 0.25) is 0 Å². The van der Waals surface area contributed by atoms with Crippen LogP contribution in [0.4, 0.5) is 4.39 Å². The third-order valence-corrected chi connectivity index (χ3v) is 4.20. The predicted molar refractivity (Wildman–Crippen MR) is 72.0 cm³/mol. The monoisotopic (exact) mass is 279 g/mol. The van der Waals surface area contributed by atoms with Gasteiger partial charge < -0.3 is 10.0 Å². The van der Waals surface area contributed by atoms with Crippen molar-refractivity contribution in [3.05, 3.63) is 35.1 Å². The number of rotatable bonds is 3. The van der Waals surface area contributed by atoms with Crippen molar-refractivity contribution in [1.82, 2.24) is 4.90 Å². The van der Waals surface area contributed by atoms with E-state index < -0.39 is 17.2 Å². The number of carboxylic acid groups (broad SMARTS) is 1. The number of likely N-dealkylation sites (tertiary alicyclic amines) is 1. The van der Waals surface area contributed by atoms with Gasteiger partial charge in [0.15, 0.2) is 0 Å². The van der Waals surface area contributed by atoms with Gasteiger partial charge in [-0.15, -0.1) is 0 Å². The summed E-state index contributed by atoms with van der Waals surface area (Å²) in [5.74, 6) is -1.62. The largest absolute Gasteiger partial charge is 0.481 e. The van der Waals surface area contributed by atoms with Gasteiger partial charge in [-0.3, -0.25) is 9.59 Å². The fourth-order valence-electron chi connectivity index (χ4n) is 2.66. The average molecular weight is 279 g/mol. The molecule has 0 aromatic heterocycles. The van der Waals surface area contributed by atoms with Crippen LogP contribution in [0.3, 0.4) is 0 Å². The molecule has 1 fully saturated rings. The normalized spacial score (nSPS) is 22.1. The summed E-state index contributed by atoms with van der Waals surface area (Å²) in [7, 11) is 0. The maximum atomic E-state index is 13.3. The summed E-state index contributed by atoms with van der Waals surface area (Å²) in [6.07, 6.45) is 0.924. The number of carbonyl (C=O) groups excluding carboxylic acids is 1. The van der Waals surface area contributed by atoms with Crippen LogP contribution in [0.25, 0.3) is 0 Å². The summed E-state index contributed by atoms with van der Waals surface area (Å²) in [5.41, 5.74) is 0.139. The van der Waals surface area contributed by atoms with Crippen LogP contribution in [0.15, 0.2) is 18.2 Å². The number of hydrogen-bond acceptors (Lipinski definition) is 2. The quantitative estimate of drug-likeness (QED) is 0.924. The first-order valence-corrected chi connectivity index (χ1v) is 6.68. The van der Waals surface area contributed by atoms with Crippen LogP contribution < -0.4 is 0 Å². The number of nitrogens with zero attached hydrogens (tertiary/aromatic N) is 1. The number of benzene rings is 1. The lowest BCUT2D eigenvalue weighted by Gasteiger charge is -2.23. The highest BCUT2D eigenvalue weighted by molar-refractivity contribution is 5.96. The first-order valence-electron chi connectivity index (χ1n) is 6.68. The van der Waals surface area contributed by atoms with Gasteiger partial charge in [-0.2, -0.15) is 0 Å². The molecule has 1 unspecified atom stereocenters. The molecular formula is C15H18FNO3. The highest BCUT2D eigenvalue weighted by Gasteiger charge is 2.44. The van der Waals surface area contributed by atoms with Gasteiger partial charge in [-0.1, -0.05) is 13.0 Å². The van der Waals surface area contributed by atoms with Gasteiger partial charge in [0, 0.05) is 18.7 Å². The lowest BCUT2D eigenvalue weighted by atomic mass is 9.84. The lowest BCUT2D eigenvalue weighted by molar-refractivity contribution is -0.148. The van der Waals surface area contributed by atoms with Gasteiger partial charge in [0.05, 0.1) is 5.41 Å². The summed E-state index contributed by atoms with van der Waals surface area (Å²) < 4.78 is 13.3. The van der Waals surface area contributed by atoms with E-state index in [1.807, 2.05) is 6.92 Å². The lowest BCUT2D eigenvalue weighted by Crippen LogP contribution is -2.36. The van der Waals surface area contributed by atoms with Crippen molar-refractivity contribution in [3.8, 4) is 0 Å². The van der Waals surface area contributed by atoms with Crippen molar-refractivity contribution >= 4 is 11.9 Å². The molecule has 1 atom stereocenters. The zero-order valence-electron chi connectivity index (χ0n) is 11.6. The Morgan fingerprint density at radius 2 is 2.15 bits per heavy atom. The van der Waals surface area contributed by atoms with Gasteiger partial charge in [0.1, 0.15) is 5.82 Å². The molecule has 1 heterocycles. The number of amides is 1. The highest BCUT2D eigenvalue weighted by Crippen LogP contribution is 2.35. The number of aryl methyl sites for hydroxylation is 1. The van der Waals surface area contributed by atoms with Gasteiger partial charge >= 0.3 is 5.97 Å². The molecule has 0 saturated carbocycles. The average Bonchev–Trinajstić information content (AvgIpc) is 2.86. The minimum Gasteiger partial charge on any atom is -0.481 e. The van der Waals surface area contributed by atoms with Crippen molar-refractivity contribution < 1.29 is 19.1 Å². The Balaban J connectivity index is 2.24. The van der Waals surface area contributed by atoms with Gasteiger partial charge in [-0.05, 0) is 37.5 Å². The molecule has 2 rings (SSSR count). The summed E-state index contributed by atoms with van der Waals surface area (Å²) in [6, 6.07) is 4.08. The molecule has 0 radical (unpaired) electrons. The van der Waals surface area contributed by atoms with E-state index in [1.165, 1.54) is 17.0 Å². The molecule has 1 amide bonds. The first-order chi connectivity index (χ1) is 9.39. The molecule has 1 aliphatic heterocycles. The van der Waals surface area contributed by atoms with Crippen molar-refractivity contribution in [1.29, 1.82) is 0 Å². The summed E-state index contributed by atoms with van der Waals surface area (Å²) in [5, 5.41) is 9.33. The Kier molecular flexibility index (Phi) is 3.79. The third-order valence-electron chi connectivity index (χ3n) is 4.20. The molecule has 1 N–H and O–H groups in total. The molecule has 1 saturated heterocycles. The molecule has 20 heavy (non-hydrogen) atoms. The van der Waals surface area contributed by atoms with Crippen LogP contribution in [0.1, 0.15) is 35.7 Å². The van der Waals surface area contributed by atoms with E-state index in [-0.39, 0.29) is 12.5 Å². The minimum atomic E-state index is -0.869. The van der Waals surface area contributed by atoms with Gasteiger partial charge in [0.25, 0.3) is 5.91 Å². The molecule has 108 valence electrons. The number of carbonyl (C=O) groups is 2. The smallest absolute Gasteiger partial charge is 0.311 e. The Morgan fingerprint density at radius 1 is 1.45 bits per heavy atom. The van der Waals surface area contributed by atoms with E-state index in [9.17, 15) is 19.1 Å². The van der Waals surface area contributed by atoms with Crippen LogP contribution in [0.5, 0.6) is 0 Å². The molecule has 1 aromatic rings. The van der Waals surface area contributed by atoms with Crippen LogP contribution in [-0.2, 0) is 4.79 Å². The number of hydrogen-bond donors (Lipinski definition) is 1. The second-order valence-corrected chi connectivity index (χ2v) is 5.37. The molecule has 0 aliphatic carbocycles. The molecule has 4 nitrogen and oxygen atoms in total. The fraction of sp³-hybridized carbons (Fsp3) is 0.467. The zero-order chi connectivity index (χ0) is 14.9. The topological polar surface area (TPSA) is 57.6 Å². The minimum absolute atomic E-state index is 0.188. The zero-order valence-corrected chi connectivity index (χ0v) is 11.6. The summed E-state index contributed by atoms with van der Waals surface area (Å²) >= 11 is 0. The predicted octanol–water partition coefficient (Wildman–Crippen LogP) is 2.46. The van der Waals surface area contributed by atoms with E-state index in [1.54, 1.807) is 13.0 Å². The number of halogens is 1. The van der Waals surface area contributed by atoms with Crippen molar-refractivity contribution in [3.63, 3.8) is 0 Å². The molecule has 1 aromatic carbocycles. The number of carboxylic acids is 1. The van der Waals surface area contributed by atoms with Crippen molar-refractivity contribution in [2.45, 2.75) is 26.7 Å². The highest BCUT2D eigenvalue weighted by atomic mass is 19.1. The molecule has 0 bridgehead atoms. The van der Waals surface area contributed by atoms with E-state index in [2.05, 4.69) is 0 Å². The maximum Gasteiger partial charge on any atom is 0.311 e. The maximum absolute atomic E-state index is 13.3. The Bertz CT molecular complexity index is 558. The van der Waals surface area contributed by atoms with E-state index in [0.717, 1.165) is 0 Å². The second kappa shape index (κ2) is 5.23. The second-order valence-electron chi connectivity index (χ2n) is 5.37. The van der Waals surface area contributed by atoms with Crippen LogP contribution >= 0.6 is 0 Å². The third kappa shape index (κ3) is 2.40. The fourth-order valence-corrected chi connectivity index (χ4v) is 2.66. The van der Waals surface area contributed by atoms with Crippen molar-refractivity contribution in [2.24, 2.45) is 5.41 Å².